The summed E-state index contributed by atoms with van der Waals surface area (Å²) in [5.41, 5.74) is 2.89. The van der Waals surface area contributed by atoms with Crippen molar-refractivity contribution in [2.45, 2.75) is 5.75 Å². The zero-order valence-electron chi connectivity index (χ0n) is 6.66. The summed E-state index contributed by atoms with van der Waals surface area (Å²) in [6.45, 7) is 0. The Bertz CT molecular complexity index is 272. The first-order chi connectivity index (χ1) is 5.79. The molecule has 4 nitrogen and oxygen atoms in total. The first-order valence-corrected chi connectivity index (χ1v) is 4.75. The van der Waals surface area contributed by atoms with Crippen LogP contribution >= 0.6 is 11.8 Å². The van der Waals surface area contributed by atoms with E-state index in [0.29, 0.717) is 5.76 Å². The standard InChI is InChI=1S/C7H10N2O2S/c1-12-4-5-2-3-11-6(5)7(10)9-8/h2-3H,4,8H2,1H3,(H,9,10). The molecule has 1 rings (SSSR count). The third kappa shape index (κ3) is 1.80. The largest absolute Gasteiger partial charge is 0.459 e. The average Bonchev–Trinajstić information content (AvgIpc) is 2.52. The molecule has 0 aliphatic rings. The van der Waals surface area contributed by atoms with Gasteiger partial charge in [0.15, 0.2) is 5.76 Å². The zero-order chi connectivity index (χ0) is 8.97. The van der Waals surface area contributed by atoms with Crippen LogP contribution in [0.2, 0.25) is 0 Å². The van der Waals surface area contributed by atoms with Crippen LogP contribution < -0.4 is 11.3 Å². The van der Waals surface area contributed by atoms with E-state index in [2.05, 4.69) is 0 Å². The smallest absolute Gasteiger partial charge is 0.301 e. The van der Waals surface area contributed by atoms with Gasteiger partial charge in [0.05, 0.1) is 6.26 Å². The van der Waals surface area contributed by atoms with Crippen LogP contribution in [0.1, 0.15) is 16.1 Å². The number of carbonyl (C=O) groups is 1. The molecule has 5 heteroatoms. The van der Waals surface area contributed by atoms with Gasteiger partial charge in [-0.15, -0.1) is 0 Å². The molecule has 0 saturated heterocycles. The second-order valence-corrected chi connectivity index (χ2v) is 3.05. The summed E-state index contributed by atoms with van der Waals surface area (Å²) in [4.78, 5) is 11.0. The first-order valence-electron chi connectivity index (χ1n) is 3.36. The van der Waals surface area contributed by atoms with Crippen molar-refractivity contribution in [1.29, 1.82) is 0 Å². The lowest BCUT2D eigenvalue weighted by molar-refractivity contribution is 0.0925. The van der Waals surface area contributed by atoms with Gasteiger partial charge in [0.2, 0.25) is 0 Å². The van der Waals surface area contributed by atoms with Gasteiger partial charge in [0.1, 0.15) is 0 Å². The molecule has 1 amide bonds. The maximum Gasteiger partial charge on any atom is 0.301 e. The van der Waals surface area contributed by atoms with Crippen LogP contribution in [0.4, 0.5) is 0 Å². The summed E-state index contributed by atoms with van der Waals surface area (Å²) in [7, 11) is 0. The Morgan fingerprint density at radius 3 is 3.17 bits per heavy atom. The summed E-state index contributed by atoms with van der Waals surface area (Å²) < 4.78 is 4.96. The van der Waals surface area contributed by atoms with Crippen LogP contribution in [0.15, 0.2) is 16.7 Å². The van der Waals surface area contributed by atoms with E-state index in [-0.39, 0.29) is 5.91 Å². The molecular weight excluding hydrogens is 176 g/mol. The number of hydrogen-bond acceptors (Lipinski definition) is 4. The number of hydrogen-bond donors (Lipinski definition) is 2. The minimum atomic E-state index is -0.385. The van der Waals surface area contributed by atoms with Crippen molar-refractivity contribution in [3.8, 4) is 0 Å². The van der Waals surface area contributed by atoms with Crippen LogP contribution in [-0.2, 0) is 5.75 Å². The number of thioether (sulfide) groups is 1. The van der Waals surface area contributed by atoms with Gasteiger partial charge < -0.3 is 4.42 Å². The molecule has 0 radical (unpaired) electrons. The molecule has 1 aromatic rings. The monoisotopic (exact) mass is 186 g/mol. The van der Waals surface area contributed by atoms with E-state index in [1.807, 2.05) is 11.7 Å². The van der Waals surface area contributed by atoms with E-state index in [9.17, 15) is 4.79 Å². The quantitative estimate of drug-likeness (QED) is 0.415. The lowest BCUT2D eigenvalue weighted by Crippen LogP contribution is -2.30. The highest BCUT2D eigenvalue weighted by molar-refractivity contribution is 7.97. The molecular formula is C7H10N2O2S. The molecule has 0 bridgehead atoms. The third-order valence-electron chi connectivity index (χ3n) is 1.38. The number of amides is 1. The number of furan rings is 1. The zero-order valence-corrected chi connectivity index (χ0v) is 7.48. The molecule has 0 aromatic carbocycles. The van der Waals surface area contributed by atoms with Crippen LogP contribution in [0, 0.1) is 0 Å². The number of nitrogens with two attached hydrogens (primary N) is 1. The molecule has 0 unspecified atom stereocenters. The average molecular weight is 186 g/mol. The highest BCUT2D eigenvalue weighted by atomic mass is 32.2. The lowest BCUT2D eigenvalue weighted by atomic mass is 10.3. The fourth-order valence-corrected chi connectivity index (χ4v) is 1.41. The van der Waals surface area contributed by atoms with Crippen molar-refractivity contribution in [2.24, 2.45) is 5.84 Å². The lowest BCUT2D eigenvalue weighted by Gasteiger charge is -1.97. The number of carbonyl (C=O) groups excluding carboxylic acids is 1. The van der Waals surface area contributed by atoms with E-state index in [1.165, 1.54) is 6.26 Å². The van der Waals surface area contributed by atoms with Crippen LogP contribution in [0.5, 0.6) is 0 Å². The van der Waals surface area contributed by atoms with Crippen LogP contribution in [-0.4, -0.2) is 12.2 Å². The van der Waals surface area contributed by atoms with Gasteiger partial charge in [0, 0.05) is 11.3 Å². The van der Waals surface area contributed by atoms with Crippen molar-refractivity contribution in [1.82, 2.24) is 5.43 Å². The van der Waals surface area contributed by atoms with E-state index < -0.39 is 0 Å². The molecule has 0 fully saturated rings. The minimum absolute atomic E-state index is 0.298. The van der Waals surface area contributed by atoms with Gasteiger partial charge in [-0.05, 0) is 12.3 Å². The molecule has 0 spiro atoms. The Morgan fingerprint density at radius 1 is 1.83 bits per heavy atom. The second-order valence-electron chi connectivity index (χ2n) is 2.18. The van der Waals surface area contributed by atoms with E-state index in [4.69, 9.17) is 10.3 Å². The topological polar surface area (TPSA) is 68.3 Å². The van der Waals surface area contributed by atoms with Gasteiger partial charge >= 0.3 is 5.91 Å². The number of rotatable bonds is 3. The summed E-state index contributed by atoms with van der Waals surface area (Å²) in [5.74, 6) is 5.62. The van der Waals surface area contributed by atoms with E-state index >= 15 is 0 Å². The molecule has 0 atom stereocenters. The van der Waals surface area contributed by atoms with Crippen LogP contribution in [0.25, 0.3) is 0 Å². The minimum Gasteiger partial charge on any atom is -0.459 e. The molecule has 12 heavy (non-hydrogen) atoms. The predicted molar refractivity (Wildman–Crippen MR) is 47.6 cm³/mol. The summed E-state index contributed by atoms with van der Waals surface area (Å²) >= 11 is 1.62. The third-order valence-corrected chi connectivity index (χ3v) is 1.98. The predicted octanol–water partition coefficient (Wildman–Crippen LogP) is 0.746. The number of nitrogens with one attached hydrogen (secondary N) is 1. The molecule has 1 aromatic heterocycles. The summed E-state index contributed by atoms with van der Waals surface area (Å²) in [6.07, 6.45) is 3.44. The number of hydrazine groups is 1. The van der Waals surface area contributed by atoms with Gasteiger partial charge in [0.25, 0.3) is 0 Å². The Labute approximate surface area is 74.5 Å². The highest BCUT2D eigenvalue weighted by Crippen LogP contribution is 2.15. The maximum absolute atomic E-state index is 11.0. The van der Waals surface area contributed by atoms with Gasteiger partial charge in [-0.3, -0.25) is 10.2 Å². The van der Waals surface area contributed by atoms with Crippen molar-refractivity contribution in [3.63, 3.8) is 0 Å². The molecule has 0 saturated carbocycles. The maximum atomic E-state index is 11.0. The highest BCUT2D eigenvalue weighted by Gasteiger charge is 2.12. The fraction of sp³-hybridized carbons (Fsp3) is 0.286. The van der Waals surface area contributed by atoms with E-state index in [1.54, 1.807) is 17.8 Å². The van der Waals surface area contributed by atoms with Crippen molar-refractivity contribution in [3.05, 3.63) is 23.7 Å². The van der Waals surface area contributed by atoms with Gasteiger partial charge in [-0.1, -0.05) is 0 Å². The molecule has 66 valence electrons. The van der Waals surface area contributed by atoms with Crippen molar-refractivity contribution >= 4 is 17.7 Å². The molecule has 3 N–H and O–H groups in total. The van der Waals surface area contributed by atoms with Crippen LogP contribution in [0.3, 0.4) is 0 Å². The molecule has 0 aliphatic carbocycles. The summed E-state index contributed by atoms with van der Waals surface area (Å²) in [5, 5.41) is 0. The van der Waals surface area contributed by atoms with E-state index in [0.717, 1.165) is 11.3 Å². The number of nitrogen functional groups attached to an aromatic ring is 1. The SMILES string of the molecule is CSCc1ccoc1C(=O)NN. The van der Waals surface area contributed by atoms with Crippen molar-refractivity contribution < 1.29 is 9.21 Å². The first kappa shape index (κ1) is 9.15. The van der Waals surface area contributed by atoms with Gasteiger partial charge in [-0.2, -0.15) is 11.8 Å². The molecule has 1 heterocycles. The van der Waals surface area contributed by atoms with Gasteiger partial charge in [-0.25, -0.2) is 5.84 Å². The molecule has 0 aliphatic heterocycles. The Morgan fingerprint density at radius 2 is 2.58 bits per heavy atom. The normalized spacial score (nSPS) is 9.83. The van der Waals surface area contributed by atoms with Crippen molar-refractivity contribution in [2.75, 3.05) is 6.26 Å². The Hall–Kier alpha value is -0.940. The summed E-state index contributed by atoms with van der Waals surface area (Å²) in [6, 6.07) is 1.76. The fourth-order valence-electron chi connectivity index (χ4n) is 0.870. The second kappa shape index (κ2) is 4.18. The Kier molecular flexibility index (Phi) is 3.19. The Balaban J connectivity index is 2.83.